The monoisotopic (exact) mass is 267 g/mol. The first-order valence-corrected chi connectivity index (χ1v) is 6.24. The molecule has 0 radical (unpaired) electrons. The van der Waals surface area contributed by atoms with Crippen LogP contribution in [0.4, 0.5) is 0 Å². The molecule has 1 aromatic carbocycles. The first kappa shape index (κ1) is 12.3. The molecule has 0 saturated carbocycles. The Morgan fingerprint density at radius 2 is 1.95 bits per heavy atom. The first-order chi connectivity index (χ1) is 9.66. The van der Waals surface area contributed by atoms with Crippen molar-refractivity contribution in [2.45, 2.75) is 13.8 Å². The predicted molar refractivity (Wildman–Crippen MR) is 73.0 cm³/mol. The molecule has 0 aliphatic rings. The molecule has 20 heavy (non-hydrogen) atoms. The van der Waals surface area contributed by atoms with Crippen molar-refractivity contribution in [2.75, 3.05) is 0 Å². The Bertz CT molecular complexity index is 757. The van der Waals surface area contributed by atoms with Crippen LogP contribution in [0.2, 0.25) is 0 Å². The highest BCUT2D eigenvalue weighted by atomic mass is 16.3. The van der Waals surface area contributed by atoms with Crippen LogP contribution in [-0.2, 0) is 0 Å². The highest BCUT2D eigenvalue weighted by Gasteiger charge is 2.20. The van der Waals surface area contributed by atoms with Crippen molar-refractivity contribution in [3.8, 4) is 5.69 Å². The molecule has 0 aliphatic carbocycles. The van der Waals surface area contributed by atoms with Gasteiger partial charge in [-0.1, -0.05) is 23.4 Å². The Morgan fingerprint density at radius 1 is 1.20 bits per heavy atom. The molecule has 0 N–H and O–H groups in total. The van der Waals surface area contributed by atoms with Crippen LogP contribution >= 0.6 is 0 Å². The average Bonchev–Trinajstić information content (AvgIpc) is 3.05. The minimum atomic E-state index is -0.145. The second-order valence-electron chi connectivity index (χ2n) is 4.52. The van der Waals surface area contributed by atoms with Crippen LogP contribution in [0.25, 0.3) is 5.69 Å². The summed E-state index contributed by atoms with van der Waals surface area (Å²) in [6, 6.07) is 11.2. The van der Waals surface area contributed by atoms with Crippen LogP contribution in [0.3, 0.4) is 0 Å². The van der Waals surface area contributed by atoms with Crippen molar-refractivity contribution in [2.24, 2.45) is 0 Å². The van der Waals surface area contributed by atoms with Gasteiger partial charge in [0.2, 0.25) is 5.78 Å². The number of hydrogen-bond donors (Lipinski definition) is 0. The van der Waals surface area contributed by atoms with E-state index in [-0.39, 0.29) is 5.78 Å². The molecule has 0 spiro atoms. The molecular weight excluding hydrogens is 254 g/mol. The number of rotatable bonds is 3. The fourth-order valence-electron chi connectivity index (χ4n) is 2.14. The van der Waals surface area contributed by atoms with Crippen molar-refractivity contribution in [1.29, 1.82) is 0 Å². The van der Waals surface area contributed by atoms with E-state index in [2.05, 4.69) is 10.3 Å². The molecule has 5 heteroatoms. The lowest BCUT2D eigenvalue weighted by atomic mass is 10.1. The summed E-state index contributed by atoms with van der Waals surface area (Å²) in [5.41, 5.74) is 1.76. The molecule has 0 saturated heterocycles. The minimum absolute atomic E-state index is 0.145. The number of para-hydroxylation sites is 1. The number of ketones is 1. The zero-order valence-electron chi connectivity index (χ0n) is 11.2. The van der Waals surface area contributed by atoms with Gasteiger partial charge < -0.3 is 4.42 Å². The summed E-state index contributed by atoms with van der Waals surface area (Å²) in [7, 11) is 0. The summed E-state index contributed by atoms with van der Waals surface area (Å²) in [4.78, 5) is 12.6. The third-order valence-electron chi connectivity index (χ3n) is 3.07. The lowest BCUT2D eigenvalue weighted by Gasteiger charge is -2.04. The summed E-state index contributed by atoms with van der Waals surface area (Å²) in [6.45, 7) is 3.59. The van der Waals surface area contributed by atoms with E-state index < -0.39 is 0 Å². The van der Waals surface area contributed by atoms with Gasteiger partial charge in [-0.3, -0.25) is 4.79 Å². The Balaban J connectivity index is 2.06. The standard InChI is InChI=1S/C15H13N3O2/c1-10-8-13(11(2)20-10)15(19)14-9-16-17-18(14)12-6-4-3-5-7-12/h3-9H,1-2H3. The van der Waals surface area contributed by atoms with Crippen molar-refractivity contribution in [3.05, 3.63) is 65.4 Å². The molecule has 0 bridgehead atoms. The highest BCUT2D eigenvalue weighted by molar-refractivity contribution is 6.08. The van der Waals surface area contributed by atoms with Gasteiger partial charge in [0.05, 0.1) is 17.4 Å². The number of aryl methyl sites for hydroxylation is 2. The number of nitrogens with zero attached hydrogens (tertiary/aromatic N) is 3. The maximum Gasteiger partial charge on any atom is 0.216 e. The molecule has 3 rings (SSSR count). The maximum atomic E-state index is 12.6. The van der Waals surface area contributed by atoms with Gasteiger partial charge in [0.25, 0.3) is 0 Å². The molecule has 100 valence electrons. The zero-order chi connectivity index (χ0) is 14.1. The van der Waals surface area contributed by atoms with Crippen molar-refractivity contribution < 1.29 is 9.21 Å². The maximum absolute atomic E-state index is 12.6. The number of hydrogen-bond acceptors (Lipinski definition) is 4. The number of aromatic nitrogens is 3. The van der Waals surface area contributed by atoms with Crippen LogP contribution in [-0.4, -0.2) is 20.8 Å². The molecule has 3 aromatic rings. The quantitative estimate of drug-likeness (QED) is 0.684. The van der Waals surface area contributed by atoms with E-state index in [0.29, 0.717) is 22.8 Å². The summed E-state index contributed by atoms with van der Waals surface area (Å²) < 4.78 is 6.94. The van der Waals surface area contributed by atoms with Gasteiger partial charge in [-0.15, -0.1) is 5.10 Å². The second-order valence-corrected chi connectivity index (χ2v) is 4.52. The fraction of sp³-hybridized carbons (Fsp3) is 0.133. The van der Waals surface area contributed by atoms with E-state index in [1.807, 2.05) is 37.3 Å². The fourth-order valence-corrected chi connectivity index (χ4v) is 2.14. The largest absolute Gasteiger partial charge is 0.466 e. The number of benzene rings is 1. The smallest absolute Gasteiger partial charge is 0.216 e. The number of carbonyl (C=O) groups excluding carboxylic acids is 1. The van der Waals surface area contributed by atoms with Crippen molar-refractivity contribution in [3.63, 3.8) is 0 Å². The lowest BCUT2D eigenvalue weighted by molar-refractivity contribution is 0.103. The topological polar surface area (TPSA) is 60.9 Å². The average molecular weight is 267 g/mol. The molecule has 0 amide bonds. The predicted octanol–water partition coefficient (Wildman–Crippen LogP) is 2.71. The van der Waals surface area contributed by atoms with Crippen molar-refractivity contribution >= 4 is 5.78 Å². The van der Waals surface area contributed by atoms with Gasteiger partial charge in [0.1, 0.15) is 17.2 Å². The first-order valence-electron chi connectivity index (χ1n) is 6.24. The molecular formula is C15H13N3O2. The van der Waals surface area contributed by atoms with Gasteiger partial charge in [-0.05, 0) is 32.0 Å². The molecule has 0 atom stereocenters. The minimum Gasteiger partial charge on any atom is -0.466 e. The molecule has 5 nitrogen and oxygen atoms in total. The summed E-state index contributed by atoms with van der Waals surface area (Å²) in [5, 5.41) is 7.83. The summed E-state index contributed by atoms with van der Waals surface area (Å²) in [6.07, 6.45) is 1.47. The van der Waals surface area contributed by atoms with Gasteiger partial charge >= 0.3 is 0 Å². The third-order valence-corrected chi connectivity index (χ3v) is 3.07. The zero-order valence-corrected chi connectivity index (χ0v) is 11.2. The Morgan fingerprint density at radius 3 is 2.60 bits per heavy atom. The molecule has 0 fully saturated rings. The van der Waals surface area contributed by atoms with E-state index in [0.717, 1.165) is 5.69 Å². The van der Waals surface area contributed by atoms with Crippen LogP contribution in [0, 0.1) is 13.8 Å². The summed E-state index contributed by atoms with van der Waals surface area (Å²) in [5.74, 6) is 1.17. The van der Waals surface area contributed by atoms with Crippen LogP contribution in [0.1, 0.15) is 27.6 Å². The SMILES string of the molecule is Cc1cc(C(=O)c2cnnn2-c2ccccc2)c(C)o1. The van der Waals surface area contributed by atoms with Crippen LogP contribution < -0.4 is 0 Å². The number of carbonyl (C=O) groups is 1. The van der Waals surface area contributed by atoms with E-state index in [9.17, 15) is 4.79 Å². The number of furan rings is 1. The van der Waals surface area contributed by atoms with Gasteiger partial charge in [0.15, 0.2) is 0 Å². The Labute approximate surface area is 115 Å². The van der Waals surface area contributed by atoms with E-state index in [1.165, 1.54) is 10.9 Å². The normalized spacial score (nSPS) is 10.7. The molecule has 0 aliphatic heterocycles. The van der Waals surface area contributed by atoms with Crippen LogP contribution in [0.15, 0.2) is 47.0 Å². The second kappa shape index (κ2) is 4.77. The van der Waals surface area contributed by atoms with E-state index >= 15 is 0 Å². The van der Waals surface area contributed by atoms with E-state index in [1.54, 1.807) is 13.0 Å². The van der Waals surface area contributed by atoms with Gasteiger partial charge in [0, 0.05) is 0 Å². The Kier molecular flexibility index (Phi) is 2.95. The highest BCUT2D eigenvalue weighted by Crippen LogP contribution is 2.19. The van der Waals surface area contributed by atoms with Gasteiger partial charge in [-0.2, -0.15) is 0 Å². The van der Waals surface area contributed by atoms with Crippen LogP contribution in [0.5, 0.6) is 0 Å². The van der Waals surface area contributed by atoms with Crippen molar-refractivity contribution in [1.82, 2.24) is 15.0 Å². The molecule has 2 aromatic heterocycles. The van der Waals surface area contributed by atoms with Gasteiger partial charge in [-0.25, -0.2) is 4.68 Å². The summed E-state index contributed by atoms with van der Waals surface area (Å²) >= 11 is 0. The molecule has 0 unspecified atom stereocenters. The Hall–Kier alpha value is -2.69. The third kappa shape index (κ3) is 2.03. The van der Waals surface area contributed by atoms with E-state index in [4.69, 9.17) is 4.42 Å². The lowest BCUT2D eigenvalue weighted by Crippen LogP contribution is -2.10. The molecule has 2 heterocycles.